The molecule has 2 rings (SSSR count). The number of nitrogen functional groups attached to an aromatic ring is 1. The molecule has 0 aromatic heterocycles. The summed E-state index contributed by atoms with van der Waals surface area (Å²) in [7, 11) is 1.93. The van der Waals surface area contributed by atoms with E-state index in [1.807, 2.05) is 18.9 Å². The highest BCUT2D eigenvalue weighted by atomic mass is 35.5. The van der Waals surface area contributed by atoms with Crippen LogP contribution in [0.4, 0.5) is 11.4 Å². The number of halogens is 1. The van der Waals surface area contributed by atoms with Gasteiger partial charge in [0.25, 0.3) is 0 Å². The second-order valence-corrected chi connectivity index (χ2v) is 5.56. The lowest BCUT2D eigenvalue weighted by Gasteiger charge is -2.25. The third kappa shape index (κ3) is 3.62. The van der Waals surface area contributed by atoms with Crippen molar-refractivity contribution >= 4 is 28.9 Å². The number of hydrogen-bond acceptors (Lipinski definition) is 4. The topological polar surface area (TPSA) is 67.6 Å². The van der Waals surface area contributed by atoms with Gasteiger partial charge in [-0.1, -0.05) is 11.6 Å². The number of hydrogen-bond donors (Lipinski definition) is 2. The van der Waals surface area contributed by atoms with Crippen LogP contribution in [0.1, 0.15) is 13.3 Å². The molecular weight excluding hydrogens is 278 g/mol. The highest BCUT2D eigenvalue weighted by molar-refractivity contribution is 6.31. The molecule has 1 aliphatic rings. The number of nitrogens with zero attached hydrogens (tertiary/aromatic N) is 1. The van der Waals surface area contributed by atoms with Gasteiger partial charge in [-0.15, -0.1) is 0 Å². The molecule has 2 unspecified atom stereocenters. The highest BCUT2D eigenvalue weighted by Gasteiger charge is 2.28. The van der Waals surface area contributed by atoms with Crippen molar-refractivity contribution in [2.24, 2.45) is 0 Å². The van der Waals surface area contributed by atoms with E-state index in [-0.39, 0.29) is 18.1 Å². The number of amides is 1. The second-order valence-electron chi connectivity index (χ2n) is 5.13. The lowest BCUT2D eigenvalue weighted by atomic mass is 10.1. The number of anilines is 2. The Hall–Kier alpha value is -1.30. The van der Waals surface area contributed by atoms with Gasteiger partial charge in [-0.25, -0.2) is 0 Å². The average Bonchev–Trinajstić information content (AvgIpc) is 2.79. The lowest BCUT2D eigenvalue weighted by molar-refractivity contribution is -0.117. The Morgan fingerprint density at radius 3 is 2.95 bits per heavy atom. The van der Waals surface area contributed by atoms with E-state index < -0.39 is 0 Å². The quantitative estimate of drug-likeness (QED) is 0.834. The predicted octanol–water partition coefficient (Wildman–Crippen LogP) is 1.97. The fraction of sp³-hybridized carbons (Fsp3) is 0.500. The summed E-state index contributed by atoms with van der Waals surface area (Å²) in [6, 6.07) is 5.30. The van der Waals surface area contributed by atoms with Crippen molar-refractivity contribution in [1.29, 1.82) is 0 Å². The first-order valence-corrected chi connectivity index (χ1v) is 7.02. The molecule has 1 aromatic rings. The van der Waals surface area contributed by atoms with Gasteiger partial charge in [0.05, 0.1) is 24.0 Å². The van der Waals surface area contributed by atoms with Crippen molar-refractivity contribution < 1.29 is 9.53 Å². The zero-order valence-corrected chi connectivity index (χ0v) is 12.5. The van der Waals surface area contributed by atoms with Crippen molar-refractivity contribution in [3.05, 3.63) is 23.2 Å². The number of likely N-dealkylation sites (N-methyl/N-ethyl adjacent to an activating group) is 1. The molecule has 0 radical (unpaired) electrons. The summed E-state index contributed by atoms with van der Waals surface area (Å²) in [5, 5.41) is 3.35. The molecular formula is C14H20ClN3O2. The first-order chi connectivity index (χ1) is 9.47. The second kappa shape index (κ2) is 6.43. The molecule has 0 spiro atoms. The molecule has 5 nitrogen and oxygen atoms in total. The van der Waals surface area contributed by atoms with E-state index in [0.29, 0.717) is 22.9 Å². The lowest BCUT2D eigenvalue weighted by Crippen LogP contribution is -2.41. The van der Waals surface area contributed by atoms with Gasteiger partial charge in [0.2, 0.25) is 5.91 Å². The fourth-order valence-electron chi connectivity index (χ4n) is 2.48. The van der Waals surface area contributed by atoms with Gasteiger partial charge in [0, 0.05) is 17.7 Å². The minimum absolute atomic E-state index is 0.0966. The van der Waals surface area contributed by atoms with Gasteiger partial charge >= 0.3 is 0 Å². The summed E-state index contributed by atoms with van der Waals surface area (Å²) in [5.74, 6) is -0.0966. The number of benzene rings is 1. The third-order valence-electron chi connectivity index (χ3n) is 3.58. The van der Waals surface area contributed by atoms with E-state index in [1.54, 1.807) is 18.2 Å². The molecule has 1 fully saturated rings. The molecule has 1 aromatic carbocycles. The van der Waals surface area contributed by atoms with Crippen LogP contribution in [0.15, 0.2) is 18.2 Å². The van der Waals surface area contributed by atoms with Gasteiger partial charge in [0.1, 0.15) is 0 Å². The zero-order valence-electron chi connectivity index (χ0n) is 11.7. The Kier molecular flexibility index (Phi) is 4.86. The molecule has 6 heteroatoms. The largest absolute Gasteiger partial charge is 0.397 e. The number of carbonyl (C=O) groups excluding carboxylic acids is 1. The molecule has 0 aliphatic carbocycles. The van der Waals surface area contributed by atoms with Crippen LogP contribution in [-0.2, 0) is 9.53 Å². The minimum Gasteiger partial charge on any atom is -0.397 e. The molecule has 0 saturated carbocycles. The molecule has 1 amide bonds. The highest BCUT2D eigenvalue weighted by Crippen LogP contribution is 2.23. The van der Waals surface area contributed by atoms with Gasteiger partial charge in [-0.2, -0.15) is 0 Å². The predicted molar refractivity (Wildman–Crippen MR) is 80.9 cm³/mol. The number of carbonyl (C=O) groups is 1. The number of ether oxygens (including phenoxy) is 1. The molecule has 1 aliphatic heterocycles. The Bertz CT molecular complexity index is 495. The van der Waals surface area contributed by atoms with Crippen LogP contribution >= 0.6 is 11.6 Å². The summed E-state index contributed by atoms with van der Waals surface area (Å²) in [6.45, 7) is 3.09. The van der Waals surface area contributed by atoms with E-state index in [4.69, 9.17) is 22.1 Å². The molecule has 20 heavy (non-hydrogen) atoms. The number of nitrogens with one attached hydrogen (secondary N) is 1. The third-order valence-corrected chi connectivity index (χ3v) is 3.82. The number of rotatable bonds is 4. The van der Waals surface area contributed by atoms with E-state index in [0.717, 1.165) is 13.0 Å². The SMILES string of the molecule is CC1OCCC1N(C)CC(=O)Nc1ccc(Cl)cc1N. The minimum atomic E-state index is -0.0966. The summed E-state index contributed by atoms with van der Waals surface area (Å²) >= 11 is 5.83. The van der Waals surface area contributed by atoms with Crippen molar-refractivity contribution in [1.82, 2.24) is 4.90 Å². The van der Waals surface area contributed by atoms with Gasteiger partial charge in [-0.05, 0) is 38.6 Å². The van der Waals surface area contributed by atoms with E-state index in [1.165, 1.54) is 0 Å². The smallest absolute Gasteiger partial charge is 0.238 e. The van der Waals surface area contributed by atoms with Crippen molar-refractivity contribution in [3.8, 4) is 0 Å². The fourth-order valence-corrected chi connectivity index (χ4v) is 2.66. The van der Waals surface area contributed by atoms with Crippen molar-refractivity contribution in [3.63, 3.8) is 0 Å². The van der Waals surface area contributed by atoms with E-state index in [2.05, 4.69) is 5.32 Å². The zero-order chi connectivity index (χ0) is 14.7. The van der Waals surface area contributed by atoms with Crippen LogP contribution in [0, 0.1) is 0 Å². The van der Waals surface area contributed by atoms with E-state index >= 15 is 0 Å². The Labute approximate surface area is 124 Å². The van der Waals surface area contributed by atoms with Crippen LogP contribution in [0.2, 0.25) is 5.02 Å². The Morgan fingerprint density at radius 2 is 2.35 bits per heavy atom. The summed E-state index contributed by atoms with van der Waals surface area (Å²) in [4.78, 5) is 14.1. The van der Waals surface area contributed by atoms with Crippen LogP contribution in [0.3, 0.4) is 0 Å². The molecule has 110 valence electrons. The normalized spacial score (nSPS) is 22.2. The van der Waals surface area contributed by atoms with Crippen LogP contribution in [-0.4, -0.2) is 43.2 Å². The van der Waals surface area contributed by atoms with Gasteiger partial charge in [0.15, 0.2) is 0 Å². The first-order valence-electron chi connectivity index (χ1n) is 6.64. The summed E-state index contributed by atoms with van der Waals surface area (Å²) < 4.78 is 5.51. The van der Waals surface area contributed by atoms with Crippen molar-refractivity contribution in [2.75, 3.05) is 31.2 Å². The maximum absolute atomic E-state index is 12.0. The standard InChI is InChI=1S/C14H20ClN3O2/c1-9-13(5-6-20-9)18(2)8-14(19)17-12-4-3-10(15)7-11(12)16/h3-4,7,9,13H,5-6,8,16H2,1-2H3,(H,17,19). The van der Waals surface area contributed by atoms with E-state index in [9.17, 15) is 4.79 Å². The molecule has 2 atom stereocenters. The van der Waals surface area contributed by atoms with Crippen molar-refractivity contribution in [2.45, 2.75) is 25.5 Å². The van der Waals surface area contributed by atoms with Crippen LogP contribution < -0.4 is 11.1 Å². The molecule has 0 bridgehead atoms. The van der Waals surface area contributed by atoms with Crippen LogP contribution in [0.25, 0.3) is 0 Å². The first kappa shape index (κ1) is 15.1. The summed E-state index contributed by atoms with van der Waals surface area (Å²) in [5.41, 5.74) is 6.86. The monoisotopic (exact) mass is 297 g/mol. The molecule has 1 saturated heterocycles. The van der Waals surface area contributed by atoms with Gasteiger partial charge in [-0.3, -0.25) is 9.69 Å². The van der Waals surface area contributed by atoms with Crippen LogP contribution in [0.5, 0.6) is 0 Å². The molecule has 1 heterocycles. The Morgan fingerprint density at radius 1 is 1.60 bits per heavy atom. The number of nitrogens with two attached hydrogens (primary N) is 1. The average molecular weight is 298 g/mol. The van der Waals surface area contributed by atoms with Gasteiger partial charge < -0.3 is 15.8 Å². The molecule has 3 N–H and O–H groups in total. The maximum Gasteiger partial charge on any atom is 0.238 e. The Balaban J connectivity index is 1.92. The summed E-state index contributed by atoms with van der Waals surface area (Å²) in [6.07, 6.45) is 1.11. The maximum atomic E-state index is 12.0.